The molecule has 0 fully saturated rings. The Labute approximate surface area is 122 Å². The summed E-state index contributed by atoms with van der Waals surface area (Å²) >= 11 is 4.78. The molecule has 0 aliphatic rings. The van der Waals surface area contributed by atoms with Crippen molar-refractivity contribution in [2.45, 2.75) is 19.9 Å². The molecule has 0 unspecified atom stereocenters. The molecular formula is C14H17FN4S. The van der Waals surface area contributed by atoms with Crippen LogP contribution in [-0.4, -0.2) is 14.8 Å². The summed E-state index contributed by atoms with van der Waals surface area (Å²) in [5.41, 5.74) is 8.53. The standard InChI is InChI=1S/C14H17FN4S/c1-3-13-9(8-19(2)18-13)7-17-10-4-5-11(14(16)20)12(15)6-10/h4-6,8,17H,3,7H2,1-2H3,(H2,16,20). The van der Waals surface area contributed by atoms with E-state index in [1.54, 1.807) is 16.8 Å². The van der Waals surface area contributed by atoms with E-state index in [1.807, 2.05) is 13.2 Å². The number of hydrogen-bond donors (Lipinski definition) is 2. The maximum atomic E-state index is 13.8. The molecule has 2 aromatic rings. The minimum atomic E-state index is -0.413. The van der Waals surface area contributed by atoms with Crippen molar-refractivity contribution in [2.24, 2.45) is 12.8 Å². The molecule has 0 amide bonds. The highest BCUT2D eigenvalue weighted by Crippen LogP contribution is 2.16. The topological polar surface area (TPSA) is 55.9 Å². The molecule has 0 radical (unpaired) electrons. The van der Waals surface area contributed by atoms with Crippen LogP contribution >= 0.6 is 12.2 Å². The second-order valence-corrected chi connectivity index (χ2v) is 4.98. The third-order valence-electron chi connectivity index (χ3n) is 3.04. The summed E-state index contributed by atoms with van der Waals surface area (Å²) in [6.45, 7) is 2.66. The monoisotopic (exact) mass is 292 g/mol. The van der Waals surface area contributed by atoms with Crippen LogP contribution in [0.4, 0.5) is 10.1 Å². The number of anilines is 1. The normalized spacial score (nSPS) is 10.6. The molecule has 0 aliphatic carbocycles. The van der Waals surface area contributed by atoms with Crippen LogP contribution in [0.3, 0.4) is 0 Å². The number of benzene rings is 1. The molecule has 0 bridgehead atoms. The van der Waals surface area contributed by atoms with Crippen molar-refractivity contribution in [1.82, 2.24) is 9.78 Å². The molecule has 2 rings (SSSR count). The van der Waals surface area contributed by atoms with Gasteiger partial charge in [0.05, 0.1) is 5.69 Å². The molecule has 1 heterocycles. The predicted octanol–water partition coefficient (Wildman–Crippen LogP) is 2.37. The van der Waals surface area contributed by atoms with E-state index in [-0.39, 0.29) is 10.6 Å². The van der Waals surface area contributed by atoms with E-state index in [2.05, 4.69) is 17.3 Å². The first-order chi connectivity index (χ1) is 9.51. The number of halogens is 1. The number of nitrogens with one attached hydrogen (secondary N) is 1. The number of aryl methyl sites for hydroxylation is 2. The van der Waals surface area contributed by atoms with Crippen LogP contribution in [0.2, 0.25) is 0 Å². The molecule has 6 heteroatoms. The molecule has 1 aromatic carbocycles. The second kappa shape index (κ2) is 6.00. The molecule has 0 atom stereocenters. The Morgan fingerprint density at radius 1 is 1.50 bits per heavy atom. The molecule has 20 heavy (non-hydrogen) atoms. The predicted molar refractivity (Wildman–Crippen MR) is 82.2 cm³/mol. The summed E-state index contributed by atoms with van der Waals surface area (Å²) in [6, 6.07) is 4.75. The Bertz CT molecular complexity index is 636. The Kier molecular flexibility index (Phi) is 4.34. The van der Waals surface area contributed by atoms with Gasteiger partial charge in [-0.15, -0.1) is 0 Å². The van der Waals surface area contributed by atoms with Crippen molar-refractivity contribution in [2.75, 3.05) is 5.32 Å². The van der Waals surface area contributed by atoms with Crippen molar-refractivity contribution in [3.63, 3.8) is 0 Å². The van der Waals surface area contributed by atoms with E-state index in [0.717, 1.165) is 17.7 Å². The zero-order chi connectivity index (χ0) is 14.7. The van der Waals surface area contributed by atoms with Crippen molar-refractivity contribution in [3.05, 3.63) is 47.0 Å². The average molecular weight is 292 g/mol. The highest BCUT2D eigenvalue weighted by molar-refractivity contribution is 7.80. The minimum Gasteiger partial charge on any atom is -0.389 e. The molecule has 1 aromatic heterocycles. The van der Waals surface area contributed by atoms with Crippen molar-refractivity contribution in [3.8, 4) is 0 Å². The second-order valence-electron chi connectivity index (χ2n) is 4.54. The van der Waals surface area contributed by atoms with E-state index in [1.165, 1.54) is 6.07 Å². The zero-order valence-corrected chi connectivity index (χ0v) is 12.3. The van der Waals surface area contributed by atoms with Gasteiger partial charge in [0.2, 0.25) is 0 Å². The van der Waals surface area contributed by atoms with Gasteiger partial charge in [-0.1, -0.05) is 19.1 Å². The number of aromatic nitrogens is 2. The number of nitrogens with zero attached hydrogens (tertiary/aromatic N) is 2. The third kappa shape index (κ3) is 3.14. The molecule has 0 saturated heterocycles. The van der Waals surface area contributed by atoms with Crippen LogP contribution in [0.1, 0.15) is 23.7 Å². The summed E-state index contributed by atoms with van der Waals surface area (Å²) in [5, 5.41) is 7.54. The molecule has 0 saturated carbocycles. The van der Waals surface area contributed by atoms with Gasteiger partial charge in [-0.2, -0.15) is 5.10 Å². The molecule has 106 valence electrons. The SMILES string of the molecule is CCc1nn(C)cc1CNc1ccc(C(N)=S)c(F)c1. The number of hydrogen-bond acceptors (Lipinski definition) is 3. The first kappa shape index (κ1) is 14.5. The lowest BCUT2D eigenvalue weighted by Gasteiger charge is -2.08. The van der Waals surface area contributed by atoms with Crippen LogP contribution < -0.4 is 11.1 Å². The van der Waals surface area contributed by atoms with Gasteiger partial charge in [-0.05, 0) is 24.6 Å². The summed E-state index contributed by atoms with van der Waals surface area (Å²) in [6.07, 6.45) is 2.83. The first-order valence-corrected chi connectivity index (χ1v) is 6.76. The summed E-state index contributed by atoms with van der Waals surface area (Å²) in [5.74, 6) is -0.413. The number of rotatable bonds is 5. The van der Waals surface area contributed by atoms with Crippen molar-refractivity contribution in [1.29, 1.82) is 0 Å². The maximum Gasteiger partial charge on any atom is 0.135 e. The largest absolute Gasteiger partial charge is 0.389 e. The number of nitrogens with two attached hydrogens (primary N) is 1. The zero-order valence-electron chi connectivity index (χ0n) is 11.5. The summed E-state index contributed by atoms with van der Waals surface area (Å²) in [4.78, 5) is 0.0644. The average Bonchev–Trinajstić information content (AvgIpc) is 2.76. The fourth-order valence-corrected chi connectivity index (χ4v) is 2.22. The summed E-state index contributed by atoms with van der Waals surface area (Å²) in [7, 11) is 1.89. The lowest BCUT2D eigenvalue weighted by molar-refractivity contribution is 0.626. The van der Waals surface area contributed by atoms with Gasteiger partial charge in [0.1, 0.15) is 10.8 Å². The van der Waals surface area contributed by atoms with E-state index in [9.17, 15) is 4.39 Å². The fourth-order valence-electron chi connectivity index (χ4n) is 2.05. The van der Waals surface area contributed by atoms with Gasteiger partial charge < -0.3 is 11.1 Å². The number of thiocarbonyl (C=S) groups is 1. The molecule has 0 spiro atoms. The minimum absolute atomic E-state index is 0.0644. The third-order valence-corrected chi connectivity index (χ3v) is 3.26. The van der Waals surface area contributed by atoms with Gasteiger partial charge >= 0.3 is 0 Å². The van der Waals surface area contributed by atoms with Crippen LogP contribution in [0.5, 0.6) is 0 Å². The van der Waals surface area contributed by atoms with E-state index < -0.39 is 5.82 Å². The smallest absolute Gasteiger partial charge is 0.135 e. The van der Waals surface area contributed by atoms with E-state index >= 15 is 0 Å². The van der Waals surface area contributed by atoms with Gasteiger partial charge in [-0.3, -0.25) is 4.68 Å². The van der Waals surface area contributed by atoms with Crippen LogP contribution in [-0.2, 0) is 20.0 Å². The van der Waals surface area contributed by atoms with Crippen LogP contribution in [0, 0.1) is 5.82 Å². The molecule has 3 N–H and O–H groups in total. The van der Waals surface area contributed by atoms with E-state index in [0.29, 0.717) is 12.2 Å². The fraction of sp³-hybridized carbons (Fsp3) is 0.286. The van der Waals surface area contributed by atoms with E-state index in [4.69, 9.17) is 18.0 Å². The quantitative estimate of drug-likeness (QED) is 0.831. The van der Waals surface area contributed by atoms with Crippen molar-refractivity contribution < 1.29 is 4.39 Å². The highest BCUT2D eigenvalue weighted by Gasteiger charge is 2.08. The molecule has 4 nitrogen and oxygen atoms in total. The highest BCUT2D eigenvalue weighted by atomic mass is 32.1. The molecule has 0 aliphatic heterocycles. The van der Waals surface area contributed by atoms with Gasteiger partial charge in [0.15, 0.2) is 0 Å². The van der Waals surface area contributed by atoms with Crippen LogP contribution in [0.15, 0.2) is 24.4 Å². The van der Waals surface area contributed by atoms with Crippen LogP contribution in [0.25, 0.3) is 0 Å². The Morgan fingerprint density at radius 2 is 2.25 bits per heavy atom. The lowest BCUT2D eigenvalue weighted by atomic mass is 10.1. The Balaban J connectivity index is 2.11. The van der Waals surface area contributed by atoms with Gasteiger partial charge in [0, 0.05) is 36.6 Å². The maximum absolute atomic E-state index is 13.8. The van der Waals surface area contributed by atoms with Gasteiger partial charge in [0.25, 0.3) is 0 Å². The van der Waals surface area contributed by atoms with Crippen molar-refractivity contribution >= 4 is 22.9 Å². The molecular weight excluding hydrogens is 275 g/mol. The summed E-state index contributed by atoms with van der Waals surface area (Å²) < 4.78 is 15.5. The first-order valence-electron chi connectivity index (χ1n) is 6.36. The van der Waals surface area contributed by atoms with Gasteiger partial charge in [-0.25, -0.2) is 4.39 Å². The lowest BCUT2D eigenvalue weighted by Crippen LogP contribution is -2.12. The Hall–Kier alpha value is -1.95. The Morgan fingerprint density at radius 3 is 2.85 bits per heavy atom.